The average molecular weight is 390 g/mol. The second kappa shape index (κ2) is 12.6. The van der Waals surface area contributed by atoms with Gasteiger partial charge < -0.3 is 9.47 Å². The molecule has 0 radical (unpaired) electrons. The zero-order valence-electron chi connectivity index (χ0n) is 16.1. The molecule has 0 aromatic heterocycles. The molecular weight excluding hydrogens is 358 g/mol. The first kappa shape index (κ1) is 24.3. The van der Waals surface area contributed by atoms with Crippen LogP contribution in [-0.4, -0.2) is 56.7 Å². The highest BCUT2D eigenvalue weighted by Gasteiger charge is 2.19. The summed E-state index contributed by atoms with van der Waals surface area (Å²) in [5.74, 6) is -0.845. The van der Waals surface area contributed by atoms with Crippen molar-refractivity contribution in [2.24, 2.45) is 0 Å². The number of unbranched alkanes of at least 4 members (excludes halogenated alkanes) is 2. The normalized spacial score (nSPS) is 11.2. The second-order valence-electron chi connectivity index (χ2n) is 6.05. The Labute approximate surface area is 157 Å². The van der Waals surface area contributed by atoms with Crippen LogP contribution >= 0.6 is 0 Å². The smallest absolute Gasteiger partial charge is 0.333 e. The first-order valence-electron chi connectivity index (χ1n) is 8.75. The maximum Gasteiger partial charge on any atom is 0.333 e. The number of rotatable bonds is 14. The summed E-state index contributed by atoms with van der Waals surface area (Å²) < 4.78 is 35.7. The Kier molecular flexibility index (Phi) is 11.8. The van der Waals surface area contributed by atoms with Gasteiger partial charge >= 0.3 is 11.9 Å². The van der Waals surface area contributed by atoms with Gasteiger partial charge in [0.2, 0.25) is 10.0 Å². The number of ether oxygens (including phenoxy) is 2. The fraction of sp³-hybridized carbons (Fsp3) is 0.667. The number of hydrogen-bond acceptors (Lipinski definition) is 6. The van der Waals surface area contributed by atoms with Gasteiger partial charge in [0.25, 0.3) is 0 Å². The number of sulfonamides is 1. The van der Waals surface area contributed by atoms with E-state index in [1.165, 1.54) is 4.31 Å². The fourth-order valence-electron chi connectivity index (χ4n) is 1.93. The van der Waals surface area contributed by atoms with Crippen molar-refractivity contribution in [3.8, 4) is 0 Å². The molecule has 0 aliphatic carbocycles. The summed E-state index contributed by atoms with van der Waals surface area (Å²) in [7, 11) is -3.30. The van der Waals surface area contributed by atoms with Crippen molar-refractivity contribution in [2.45, 2.75) is 46.5 Å². The lowest BCUT2D eigenvalue weighted by Crippen LogP contribution is -2.34. The number of esters is 2. The molecular formula is C18H31NO6S. The summed E-state index contributed by atoms with van der Waals surface area (Å²) in [4.78, 5) is 22.5. The van der Waals surface area contributed by atoms with E-state index in [2.05, 4.69) is 13.2 Å². The lowest BCUT2D eigenvalue weighted by molar-refractivity contribution is -0.139. The number of carbonyl (C=O) groups is 2. The van der Waals surface area contributed by atoms with Crippen molar-refractivity contribution >= 4 is 22.0 Å². The standard InChI is InChI=1S/C18H31NO6S/c1-6-26(22,23)19(11-7-9-13-24-17(20)15(2)3)12-8-10-14-25-18(21)16(4)5/h2,4,6-14H2,1,3,5H3. The van der Waals surface area contributed by atoms with E-state index in [0.29, 0.717) is 49.9 Å². The van der Waals surface area contributed by atoms with Crippen LogP contribution in [0.25, 0.3) is 0 Å². The minimum atomic E-state index is -3.30. The zero-order chi connectivity index (χ0) is 20.2. The molecule has 0 fully saturated rings. The van der Waals surface area contributed by atoms with Crippen molar-refractivity contribution in [3.05, 3.63) is 24.3 Å². The quantitative estimate of drug-likeness (QED) is 0.257. The maximum atomic E-state index is 12.2. The van der Waals surface area contributed by atoms with Crippen LogP contribution in [0.5, 0.6) is 0 Å². The molecule has 0 spiro atoms. The molecule has 0 aromatic rings. The molecule has 26 heavy (non-hydrogen) atoms. The van der Waals surface area contributed by atoms with Crippen molar-refractivity contribution in [1.82, 2.24) is 4.31 Å². The molecule has 0 bridgehead atoms. The Balaban J connectivity index is 4.22. The molecule has 0 unspecified atom stereocenters. The van der Waals surface area contributed by atoms with E-state index in [1.54, 1.807) is 20.8 Å². The monoisotopic (exact) mass is 389 g/mol. The van der Waals surface area contributed by atoms with Gasteiger partial charge in [-0.3, -0.25) is 0 Å². The fourth-order valence-corrected chi connectivity index (χ4v) is 3.11. The molecule has 0 aromatic carbocycles. The van der Waals surface area contributed by atoms with Gasteiger partial charge in [-0.25, -0.2) is 22.3 Å². The summed E-state index contributed by atoms with van der Waals surface area (Å²) in [6.45, 7) is 13.0. The molecule has 0 saturated carbocycles. The van der Waals surface area contributed by atoms with Crippen molar-refractivity contribution in [2.75, 3.05) is 32.1 Å². The minimum Gasteiger partial charge on any atom is -0.462 e. The molecule has 0 rings (SSSR count). The number of hydrogen-bond donors (Lipinski definition) is 0. The van der Waals surface area contributed by atoms with Gasteiger partial charge in [0.1, 0.15) is 0 Å². The van der Waals surface area contributed by atoms with E-state index in [1.807, 2.05) is 0 Å². The van der Waals surface area contributed by atoms with Gasteiger partial charge in [0, 0.05) is 24.2 Å². The zero-order valence-corrected chi connectivity index (χ0v) is 16.9. The second-order valence-corrected chi connectivity index (χ2v) is 8.30. The molecule has 0 amide bonds. The van der Waals surface area contributed by atoms with E-state index in [9.17, 15) is 18.0 Å². The molecule has 7 nitrogen and oxygen atoms in total. The van der Waals surface area contributed by atoms with Crippen LogP contribution < -0.4 is 0 Å². The molecule has 0 N–H and O–H groups in total. The first-order valence-corrected chi connectivity index (χ1v) is 10.4. The third-order valence-electron chi connectivity index (χ3n) is 3.53. The van der Waals surface area contributed by atoms with Crippen LogP contribution in [0.4, 0.5) is 0 Å². The molecule has 0 saturated heterocycles. The molecule has 8 heteroatoms. The highest BCUT2D eigenvalue weighted by molar-refractivity contribution is 7.89. The predicted molar refractivity (Wildman–Crippen MR) is 101 cm³/mol. The Hall–Kier alpha value is -1.67. The van der Waals surface area contributed by atoms with Gasteiger partial charge in [-0.1, -0.05) is 13.2 Å². The average Bonchev–Trinajstić information content (AvgIpc) is 2.58. The Morgan fingerprint density at radius 3 is 1.54 bits per heavy atom. The van der Waals surface area contributed by atoms with Crippen LogP contribution in [0.2, 0.25) is 0 Å². The summed E-state index contributed by atoms with van der Waals surface area (Å²) in [5.41, 5.74) is 0.681. The first-order chi connectivity index (χ1) is 12.1. The lowest BCUT2D eigenvalue weighted by atomic mass is 10.3. The van der Waals surface area contributed by atoms with Gasteiger partial charge in [-0.05, 0) is 46.5 Å². The summed E-state index contributed by atoms with van der Waals surface area (Å²) in [6.07, 6.45) is 2.33. The van der Waals surface area contributed by atoms with E-state index in [0.717, 1.165) is 0 Å². The third-order valence-corrected chi connectivity index (χ3v) is 5.41. The molecule has 0 heterocycles. The minimum absolute atomic E-state index is 0.0300. The highest BCUT2D eigenvalue weighted by Crippen LogP contribution is 2.08. The predicted octanol–water partition coefficient (Wildman–Crippen LogP) is 2.44. The largest absolute Gasteiger partial charge is 0.462 e. The van der Waals surface area contributed by atoms with Crippen LogP contribution in [-0.2, 0) is 29.1 Å². The summed E-state index contributed by atoms with van der Waals surface area (Å²) >= 11 is 0. The van der Waals surface area contributed by atoms with Gasteiger partial charge in [-0.2, -0.15) is 0 Å². The molecule has 0 aliphatic rings. The van der Waals surface area contributed by atoms with E-state index in [-0.39, 0.29) is 19.0 Å². The Morgan fingerprint density at radius 2 is 1.23 bits per heavy atom. The van der Waals surface area contributed by atoms with E-state index >= 15 is 0 Å². The lowest BCUT2D eigenvalue weighted by Gasteiger charge is -2.21. The van der Waals surface area contributed by atoms with Crippen LogP contribution in [0, 0.1) is 0 Å². The topological polar surface area (TPSA) is 90.0 Å². The Bertz CT molecular complexity index is 561. The molecule has 0 atom stereocenters. The molecule has 0 aliphatic heterocycles. The maximum absolute atomic E-state index is 12.2. The van der Waals surface area contributed by atoms with Crippen LogP contribution in [0.3, 0.4) is 0 Å². The van der Waals surface area contributed by atoms with Gasteiger partial charge in [0.15, 0.2) is 0 Å². The number of nitrogens with zero attached hydrogens (tertiary/aromatic N) is 1. The van der Waals surface area contributed by atoms with E-state index < -0.39 is 22.0 Å². The summed E-state index contributed by atoms with van der Waals surface area (Å²) in [6, 6.07) is 0. The summed E-state index contributed by atoms with van der Waals surface area (Å²) in [5, 5.41) is 0. The van der Waals surface area contributed by atoms with Crippen LogP contribution in [0.1, 0.15) is 46.5 Å². The van der Waals surface area contributed by atoms with Gasteiger partial charge in [0.05, 0.1) is 19.0 Å². The SMILES string of the molecule is C=C(C)C(=O)OCCCCN(CCCCOC(=O)C(=C)C)S(=O)(=O)CC. The molecule has 150 valence electrons. The third kappa shape index (κ3) is 10.4. The van der Waals surface area contributed by atoms with Crippen LogP contribution in [0.15, 0.2) is 24.3 Å². The van der Waals surface area contributed by atoms with E-state index in [4.69, 9.17) is 9.47 Å². The van der Waals surface area contributed by atoms with Gasteiger partial charge in [-0.15, -0.1) is 0 Å². The van der Waals surface area contributed by atoms with Crippen molar-refractivity contribution in [1.29, 1.82) is 0 Å². The number of carbonyl (C=O) groups excluding carboxylic acids is 2. The highest BCUT2D eigenvalue weighted by atomic mass is 32.2. The van der Waals surface area contributed by atoms with Crippen molar-refractivity contribution in [3.63, 3.8) is 0 Å². The van der Waals surface area contributed by atoms with Crippen molar-refractivity contribution < 1.29 is 27.5 Å². The Morgan fingerprint density at radius 1 is 0.846 bits per heavy atom.